The van der Waals surface area contributed by atoms with Gasteiger partial charge in [0.1, 0.15) is 0 Å². The van der Waals surface area contributed by atoms with Crippen LogP contribution in [0.25, 0.3) is 0 Å². The highest BCUT2D eigenvalue weighted by molar-refractivity contribution is 5.76. The van der Waals surface area contributed by atoms with Gasteiger partial charge in [-0.1, -0.05) is 201 Å². The molecule has 4 heteroatoms. The molecule has 0 aliphatic heterocycles. The zero-order chi connectivity index (χ0) is 40.0. The SMILES string of the molecule is CC/C=C\C/C=C\C/C=C\C/C=C\C/C=C\CCCCCCCC(=O)NC(CO)C(O)/C=C/CC/C=C/CC/C=C/CCCCCCCCCCCCCC. The summed E-state index contributed by atoms with van der Waals surface area (Å²) in [6, 6.07) is -0.663. The van der Waals surface area contributed by atoms with Crippen LogP contribution in [-0.2, 0) is 4.79 Å². The summed E-state index contributed by atoms with van der Waals surface area (Å²) in [5.41, 5.74) is 0. The van der Waals surface area contributed by atoms with Gasteiger partial charge in [0.2, 0.25) is 5.91 Å². The lowest BCUT2D eigenvalue weighted by atomic mass is 10.0. The van der Waals surface area contributed by atoms with E-state index in [-0.39, 0.29) is 12.5 Å². The molecule has 0 bridgehead atoms. The van der Waals surface area contributed by atoms with E-state index >= 15 is 0 Å². The minimum Gasteiger partial charge on any atom is -0.394 e. The highest BCUT2D eigenvalue weighted by atomic mass is 16.3. The molecule has 0 radical (unpaired) electrons. The van der Waals surface area contributed by atoms with Crippen LogP contribution in [0, 0.1) is 0 Å². The number of carbonyl (C=O) groups excluding carboxylic acids is 1. The monoisotopic (exact) mass is 762 g/mol. The van der Waals surface area contributed by atoms with Crippen molar-refractivity contribution in [3.8, 4) is 0 Å². The third-order valence-corrected chi connectivity index (χ3v) is 9.78. The average molecular weight is 762 g/mol. The Morgan fingerprint density at radius 1 is 0.455 bits per heavy atom. The number of hydrogen-bond donors (Lipinski definition) is 3. The predicted molar refractivity (Wildman–Crippen MR) is 243 cm³/mol. The molecule has 2 atom stereocenters. The minimum atomic E-state index is -0.885. The van der Waals surface area contributed by atoms with Gasteiger partial charge in [-0.3, -0.25) is 4.79 Å². The lowest BCUT2D eigenvalue weighted by Crippen LogP contribution is -2.45. The van der Waals surface area contributed by atoms with Crippen molar-refractivity contribution >= 4 is 5.91 Å². The average Bonchev–Trinajstić information content (AvgIpc) is 3.19. The summed E-state index contributed by atoms with van der Waals surface area (Å²) in [6.45, 7) is 4.16. The number of aliphatic hydroxyl groups is 2. The summed E-state index contributed by atoms with van der Waals surface area (Å²) >= 11 is 0. The summed E-state index contributed by atoms with van der Waals surface area (Å²) in [4.78, 5) is 12.4. The van der Waals surface area contributed by atoms with Crippen LogP contribution in [-0.4, -0.2) is 34.9 Å². The Morgan fingerprint density at radius 2 is 0.818 bits per heavy atom. The maximum Gasteiger partial charge on any atom is 0.220 e. The number of amides is 1. The quantitative estimate of drug-likeness (QED) is 0.0430. The molecule has 0 aromatic rings. The van der Waals surface area contributed by atoms with Crippen LogP contribution in [0.5, 0.6) is 0 Å². The van der Waals surface area contributed by atoms with E-state index in [4.69, 9.17) is 0 Å². The molecule has 2 unspecified atom stereocenters. The standard InChI is InChI=1S/C51H87NO3/c1-3-5-7-9-11-13-15-17-19-21-23-25-27-28-30-32-34-36-38-40-42-44-46-50(54)49(48-53)52-51(55)47-45-43-41-39-37-35-33-31-29-26-24-22-20-18-16-14-12-10-8-6-4-2/h6,8,12,14,18,20,24,26,28,30-31,33,36,38,44,46,49-50,53-54H,3-5,7,9-11,13,15-17,19,21-23,25,27,29,32,34-35,37,39-43,45,47-48H2,1-2H3,(H,52,55)/b8-6-,14-12-,20-18-,26-24-,30-28+,33-31-,38-36+,46-44+. The third kappa shape index (κ3) is 42.3. The number of aliphatic hydroxyl groups excluding tert-OH is 2. The summed E-state index contributed by atoms with van der Waals surface area (Å²) in [5.74, 6) is -0.101. The van der Waals surface area contributed by atoms with Crippen molar-refractivity contribution in [2.24, 2.45) is 0 Å². The second-order valence-corrected chi connectivity index (χ2v) is 15.1. The molecule has 3 N–H and O–H groups in total. The van der Waals surface area contributed by atoms with Gasteiger partial charge < -0.3 is 15.5 Å². The lowest BCUT2D eigenvalue weighted by molar-refractivity contribution is -0.123. The van der Waals surface area contributed by atoms with Crippen LogP contribution < -0.4 is 5.32 Å². The van der Waals surface area contributed by atoms with E-state index in [9.17, 15) is 15.0 Å². The molecule has 314 valence electrons. The van der Waals surface area contributed by atoms with Crippen molar-refractivity contribution in [3.05, 3.63) is 97.2 Å². The summed E-state index contributed by atoms with van der Waals surface area (Å²) in [7, 11) is 0. The Balaban J connectivity index is 3.72. The van der Waals surface area contributed by atoms with Crippen molar-refractivity contribution in [2.75, 3.05) is 6.61 Å². The van der Waals surface area contributed by atoms with Crippen LogP contribution in [0.1, 0.15) is 200 Å². The highest BCUT2D eigenvalue weighted by Crippen LogP contribution is 2.13. The molecule has 0 heterocycles. The Morgan fingerprint density at radius 3 is 1.27 bits per heavy atom. The van der Waals surface area contributed by atoms with Gasteiger partial charge in [0.15, 0.2) is 0 Å². The first-order valence-corrected chi connectivity index (χ1v) is 23.0. The van der Waals surface area contributed by atoms with Gasteiger partial charge in [0.05, 0.1) is 18.8 Å². The van der Waals surface area contributed by atoms with Crippen molar-refractivity contribution in [1.82, 2.24) is 5.32 Å². The summed E-state index contributed by atoms with van der Waals surface area (Å²) in [6.07, 6.45) is 68.0. The van der Waals surface area contributed by atoms with E-state index in [2.05, 4.69) is 104 Å². The molecule has 0 rings (SSSR count). The molecule has 1 amide bonds. The van der Waals surface area contributed by atoms with Gasteiger partial charge in [0, 0.05) is 6.42 Å². The Labute approximate surface area is 341 Å². The fourth-order valence-corrected chi connectivity index (χ4v) is 6.29. The number of allylic oxidation sites excluding steroid dienone is 15. The van der Waals surface area contributed by atoms with E-state index in [1.54, 1.807) is 6.08 Å². The van der Waals surface area contributed by atoms with Gasteiger partial charge in [-0.2, -0.15) is 0 Å². The molecular weight excluding hydrogens is 675 g/mol. The first-order valence-electron chi connectivity index (χ1n) is 23.0. The van der Waals surface area contributed by atoms with E-state index in [1.807, 2.05) is 6.08 Å². The van der Waals surface area contributed by atoms with Crippen molar-refractivity contribution in [1.29, 1.82) is 0 Å². The fourth-order valence-electron chi connectivity index (χ4n) is 6.29. The number of nitrogens with one attached hydrogen (secondary N) is 1. The first kappa shape index (κ1) is 52.3. The largest absolute Gasteiger partial charge is 0.394 e. The zero-order valence-electron chi connectivity index (χ0n) is 35.9. The van der Waals surface area contributed by atoms with Crippen molar-refractivity contribution in [3.63, 3.8) is 0 Å². The Bertz CT molecular complexity index is 1050. The highest BCUT2D eigenvalue weighted by Gasteiger charge is 2.17. The van der Waals surface area contributed by atoms with Crippen LogP contribution in [0.3, 0.4) is 0 Å². The third-order valence-electron chi connectivity index (χ3n) is 9.78. The fraction of sp³-hybridized carbons (Fsp3) is 0.667. The molecule has 55 heavy (non-hydrogen) atoms. The van der Waals surface area contributed by atoms with Gasteiger partial charge in [-0.15, -0.1) is 0 Å². The number of rotatable bonds is 40. The molecule has 0 saturated heterocycles. The van der Waals surface area contributed by atoms with E-state index < -0.39 is 12.1 Å². The smallest absolute Gasteiger partial charge is 0.220 e. The normalized spacial score (nSPS) is 13.9. The second-order valence-electron chi connectivity index (χ2n) is 15.1. The van der Waals surface area contributed by atoms with E-state index in [0.29, 0.717) is 6.42 Å². The maximum absolute atomic E-state index is 12.4. The minimum absolute atomic E-state index is 0.101. The molecule has 0 aromatic carbocycles. The topological polar surface area (TPSA) is 69.6 Å². The molecule has 0 aliphatic carbocycles. The number of unbranched alkanes of at least 4 members (excludes halogenated alkanes) is 19. The number of carbonyl (C=O) groups is 1. The molecule has 0 fully saturated rings. The second kappa shape index (κ2) is 45.7. The van der Waals surface area contributed by atoms with Crippen molar-refractivity contribution in [2.45, 2.75) is 212 Å². The number of hydrogen-bond acceptors (Lipinski definition) is 3. The van der Waals surface area contributed by atoms with E-state index in [0.717, 1.165) is 83.5 Å². The van der Waals surface area contributed by atoms with Crippen LogP contribution >= 0.6 is 0 Å². The predicted octanol–water partition coefficient (Wildman–Crippen LogP) is 14.6. The summed E-state index contributed by atoms with van der Waals surface area (Å²) in [5, 5.41) is 23.0. The van der Waals surface area contributed by atoms with Gasteiger partial charge in [0.25, 0.3) is 0 Å². The Hall–Kier alpha value is -2.69. The molecule has 0 aromatic heterocycles. The van der Waals surface area contributed by atoms with E-state index in [1.165, 1.54) is 96.3 Å². The first-order chi connectivity index (χ1) is 27.2. The zero-order valence-corrected chi connectivity index (χ0v) is 35.9. The van der Waals surface area contributed by atoms with Crippen LogP contribution in [0.4, 0.5) is 0 Å². The molecule has 0 spiro atoms. The molecular formula is C51H87NO3. The maximum atomic E-state index is 12.4. The van der Waals surface area contributed by atoms with Gasteiger partial charge in [-0.25, -0.2) is 0 Å². The summed E-state index contributed by atoms with van der Waals surface area (Å²) < 4.78 is 0. The molecule has 0 aliphatic rings. The van der Waals surface area contributed by atoms with Gasteiger partial charge >= 0.3 is 0 Å². The van der Waals surface area contributed by atoms with Crippen LogP contribution in [0.15, 0.2) is 97.2 Å². The van der Waals surface area contributed by atoms with Crippen LogP contribution in [0.2, 0.25) is 0 Å². The Kier molecular flexibility index (Phi) is 43.5. The molecule has 0 saturated carbocycles. The molecule has 4 nitrogen and oxygen atoms in total. The lowest BCUT2D eigenvalue weighted by Gasteiger charge is -2.19. The van der Waals surface area contributed by atoms with Crippen molar-refractivity contribution < 1.29 is 15.0 Å². The van der Waals surface area contributed by atoms with Gasteiger partial charge in [-0.05, 0) is 89.9 Å².